The van der Waals surface area contributed by atoms with Gasteiger partial charge in [-0.15, -0.1) is 13.2 Å². The summed E-state index contributed by atoms with van der Waals surface area (Å²) in [5, 5.41) is 9.40. The molecule has 0 heterocycles. The zero-order chi connectivity index (χ0) is 12.7. The van der Waals surface area contributed by atoms with E-state index in [-0.39, 0.29) is 5.75 Å². The molecule has 0 aliphatic heterocycles. The molecular weight excluding hydrogens is 214 g/mol. The van der Waals surface area contributed by atoms with E-state index in [1.54, 1.807) is 12.1 Å². The zero-order valence-electron chi connectivity index (χ0n) is 9.80. The number of rotatable bonds is 7. The Balaban J connectivity index is 2.81. The molecule has 0 aliphatic rings. The fraction of sp³-hybridized carbons (Fsp3) is 0.214. The average Bonchev–Trinajstić information content (AvgIpc) is 2.32. The molecule has 0 aromatic heterocycles. The molecule has 3 heteroatoms. The van der Waals surface area contributed by atoms with Crippen LogP contribution >= 0.6 is 0 Å². The minimum absolute atomic E-state index is 0.0164. The van der Waals surface area contributed by atoms with Gasteiger partial charge in [-0.1, -0.05) is 18.2 Å². The first-order valence-electron chi connectivity index (χ1n) is 5.42. The van der Waals surface area contributed by atoms with Crippen LogP contribution < -0.4 is 0 Å². The molecule has 0 radical (unpaired) electrons. The maximum Gasteiger partial charge on any atom is 0.153 e. The highest BCUT2D eigenvalue weighted by atomic mass is 16.3. The molecule has 3 nitrogen and oxygen atoms in total. The number of nitrogens with zero attached hydrogens (tertiary/aromatic N) is 1. The second-order valence-electron chi connectivity index (χ2n) is 3.78. The van der Waals surface area contributed by atoms with Gasteiger partial charge in [0.2, 0.25) is 0 Å². The number of phenols is 1. The molecule has 0 aliphatic carbocycles. The van der Waals surface area contributed by atoms with E-state index in [2.05, 4.69) is 18.1 Å². The molecule has 1 rings (SSSR count). The van der Waals surface area contributed by atoms with Gasteiger partial charge in [-0.3, -0.25) is 9.69 Å². The van der Waals surface area contributed by atoms with E-state index in [9.17, 15) is 9.90 Å². The van der Waals surface area contributed by atoms with Crippen molar-refractivity contribution in [2.75, 3.05) is 13.1 Å². The SMILES string of the molecule is C=CCN(CC=C)Cc1ccc(O)c(C=O)c1. The molecule has 1 N–H and O–H groups in total. The van der Waals surface area contributed by atoms with Crippen molar-refractivity contribution in [3.05, 3.63) is 54.6 Å². The second-order valence-corrected chi connectivity index (χ2v) is 3.78. The molecule has 0 fully saturated rings. The Kier molecular flexibility index (Phi) is 5.17. The van der Waals surface area contributed by atoms with Gasteiger partial charge in [-0.25, -0.2) is 0 Å². The lowest BCUT2D eigenvalue weighted by molar-refractivity contribution is 0.112. The van der Waals surface area contributed by atoms with E-state index >= 15 is 0 Å². The Morgan fingerprint density at radius 3 is 2.41 bits per heavy atom. The van der Waals surface area contributed by atoms with E-state index in [0.717, 1.165) is 18.7 Å². The van der Waals surface area contributed by atoms with E-state index in [1.165, 1.54) is 0 Å². The van der Waals surface area contributed by atoms with Gasteiger partial charge in [0, 0.05) is 19.6 Å². The van der Waals surface area contributed by atoms with E-state index < -0.39 is 0 Å². The molecule has 1 aromatic carbocycles. The van der Waals surface area contributed by atoms with E-state index in [4.69, 9.17) is 0 Å². The van der Waals surface area contributed by atoms with Crippen molar-refractivity contribution in [3.63, 3.8) is 0 Å². The molecule has 0 saturated carbocycles. The quantitative estimate of drug-likeness (QED) is 0.578. The molecule has 17 heavy (non-hydrogen) atoms. The van der Waals surface area contributed by atoms with Crippen LogP contribution in [0.1, 0.15) is 15.9 Å². The third kappa shape index (κ3) is 3.89. The maximum absolute atomic E-state index is 10.7. The molecule has 0 amide bonds. The topological polar surface area (TPSA) is 40.5 Å². The summed E-state index contributed by atoms with van der Waals surface area (Å²) in [4.78, 5) is 12.8. The molecule has 0 saturated heterocycles. The standard InChI is InChI=1S/C14H17NO2/c1-3-7-15(8-4-2)10-12-5-6-14(17)13(9-12)11-16/h3-6,9,11,17H,1-2,7-8,10H2. The van der Waals surface area contributed by atoms with Crippen molar-refractivity contribution in [1.29, 1.82) is 0 Å². The number of aromatic hydroxyl groups is 1. The summed E-state index contributed by atoms with van der Waals surface area (Å²) < 4.78 is 0. The molecule has 90 valence electrons. The van der Waals surface area contributed by atoms with Gasteiger partial charge < -0.3 is 5.11 Å². The molecular formula is C14H17NO2. The van der Waals surface area contributed by atoms with Crippen LogP contribution in [0.25, 0.3) is 0 Å². The molecule has 0 unspecified atom stereocenters. The first-order chi connectivity index (χ1) is 8.21. The lowest BCUT2D eigenvalue weighted by Crippen LogP contribution is -2.23. The summed E-state index contributed by atoms with van der Waals surface area (Å²) in [7, 11) is 0. The lowest BCUT2D eigenvalue weighted by Gasteiger charge is -2.18. The van der Waals surface area contributed by atoms with Crippen LogP contribution in [0.15, 0.2) is 43.5 Å². The monoisotopic (exact) mass is 231 g/mol. The summed E-state index contributed by atoms with van der Waals surface area (Å²) >= 11 is 0. The van der Waals surface area contributed by atoms with Crippen LogP contribution in [-0.2, 0) is 6.54 Å². The van der Waals surface area contributed by atoms with Crippen LogP contribution in [-0.4, -0.2) is 29.4 Å². The van der Waals surface area contributed by atoms with Crippen LogP contribution in [0.2, 0.25) is 0 Å². The largest absolute Gasteiger partial charge is 0.507 e. The van der Waals surface area contributed by atoms with Crippen molar-refractivity contribution in [2.45, 2.75) is 6.54 Å². The third-order valence-corrected chi connectivity index (χ3v) is 2.40. The van der Waals surface area contributed by atoms with Crippen molar-refractivity contribution in [2.24, 2.45) is 0 Å². The Morgan fingerprint density at radius 1 is 1.24 bits per heavy atom. The fourth-order valence-electron chi connectivity index (χ4n) is 1.62. The Morgan fingerprint density at radius 2 is 1.88 bits per heavy atom. The van der Waals surface area contributed by atoms with Crippen LogP contribution in [0.3, 0.4) is 0 Å². The minimum Gasteiger partial charge on any atom is -0.507 e. The fourth-order valence-corrected chi connectivity index (χ4v) is 1.62. The number of phenolic OH excluding ortho intramolecular Hbond substituents is 1. The maximum atomic E-state index is 10.7. The van der Waals surface area contributed by atoms with Gasteiger partial charge >= 0.3 is 0 Å². The normalized spacial score (nSPS) is 10.2. The molecule has 0 bridgehead atoms. The van der Waals surface area contributed by atoms with Crippen molar-refractivity contribution < 1.29 is 9.90 Å². The summed E-state index contributed by atoms with van der Waals surface area (Å²) in [6.45, 7) is 9.60. The van der Waals surface area contributed by atoms with Gasteiger partial charge in [0.15, 0.2) is 6.29 Å². The smallest absolute Gasteiger partial charge is 0.153 e. The average molecular weight is 231 g/mol. The number of benzene rings is 1. The lowest BCUT2D eigenvalue weighted by atomic mass is 10.1. The summed E-state index contributed by atoms with van der Waals surface area (Å²) in [5.41, 5.74) is 1.30. The van der Waals surface area contributed by atoms with Gasteiger partial charge in [0.1, 0.15) is 5.75 Å². The predicted octanol–water partition coefficient (Wildman–Crippen LogP) is 2.38. The van der Waals surface area contributed by atoms with Gasteiger partial charge in [0.25, 0.3) is 0 Å². The van der Waals surface area contributed by atoms with E-state index in [0.29, 0.717) is 18.4 Å². The molecule has 1 aromatic rings. The highest BCUT2D eigenvalue weighted by molar-refractivity contribution is 5.79. The van der Waals surface area contributed by atoms with Gasteiger partial charge in [-0.2, -0.15) is 0 Å². The second kappa shape index (κ2) is 6.66. The highest BCUT2D eigenvalue weighted by Gasteiger charge is 2.05. The summed E-state index contributed by atoms with van der Waals surface area (Å²) in [6, 6.07) is 5.04. The number of hydrogen-bond donors (Lipinski definition) is 1. The third-order valence-electron chi connectivity index (χ3n) is 2.40. The minimum atomic E-state index is 0.0164. The van der Waals surface area contributed by atoms with Crippen LogP contribution in [0.4, 0.5) is 0 Å². The Hall–Kier alpha value is -1.87. The van der Waals surface area contributed by atoms with Crippen molar-refractivity contribution in [1.82, 2.24) is 4.90 Å². The number of hydrogen-bond acceptors (Lipinski definition) is 3. The Labute approximate surface area is 102 Å². The number of carbonyl (C=O) groups excluding carboxylic acids is 1. The Bertz CT molecular complexity index is 403. The van der Waals surface area contributed by atoms with Crippen LogP contribution in [0, 0.1) is 0 Å². The summed E-state index contributed by atoms with van der Waals surface area (Å²) in [6.07, 6.45) is 4.30. The number of carbonyl (C=O) groups is 1. The highest BCUT2D eigenvalue weighted by Crippen LogP contribution is 2.17. The van der Waals surface area contributed by atoms with Gasteiger partial charge in [-0.05, 0) is 17.7 Å². The first-order valence-corrected chi connectivity index (χ1v) is 5.42. The predicted molar refractivity (Wildman–Crippen MR) is 69.2 cm³/mol. The molecule has 0 atom stereocenters. The van der Waals surface area contributed by atoms with Gasteiger partial charge in [0.05, 0.1) is 5.56 Å². The van der Waals surface area contributed by atoms with Crippen LogP contribution in [0.5, 0.6) is 5.75 Å². The van der Waals surface area contributed by atoms with E-state index in [1.807, 2.05) is 18.2 Å². The molecule has 0 spiro atoms. The summed E-state index contributed by atoms with van der Waals surface area (Å²) in [5.74, 6) is 0.0164. The first kappa shape index (κ1) is 13.2. The van der Waals surface area contributed by atoms with Crippen molar-refractivity contribution in [3.8, 4) is 5.75 Å². The number of aldehydes is 1. The zero-order valence-corrected chi connectivity index (χ0v) is 9.80. The van der Waals surface area contributed by atoms with Crippen molar-refractivity contribution >= 4 is 6.29 Å².